The summed E-state index contributed by atoms with van der Waals surface area (Å²) < 4.78 is 0. The number of carboxylic acids is 1. The number of carboxylic acid groups (broad SMARTS) is 1. The maximum Gasteiger partial charge on any atom is 0.328 e. The van der Waals surface area contributed by atoms with E-state index in [9.17, 15) is 9.59 Å². The van der Waals surface area contributed by atoms with Gasteiger partial charge in [0.15, 0.2) is 0 Å². The maximum absolute atomic E-state index is 12.0. The van der Waals surface area contributed by atoms with Gasteiger partial charge in [0.1, 0.15) is 0 Å². The molecule has 0 heterocycles. The molecule has 0 saturated carbocycles. The Hall–Kier alpha value is -2.10. The summed E-state index contributed by atoms with van der Waals surface area (Å²) in [6, 6.07) is 5.33. The Labute approximate surface area is 107 Å². The molecule has 1 N–H and O–H groups in total. The van der Waals surface area contributed by atoms with Crippen LogP contribution in [-0.4, -0.2) is 35.5 Å². The summed E-state index contributed by atoms with van der Waals surface area (Å²) in [7, 11) is 1.73. The van der Waals surface area contributed by atoms with Crippen LogP contribution in [0.4, 0.5) is 0 Å². The minimum absolute atomic E-state index is 0.0637. The molecule has 1 rings (SSSR count). The zero-order valence-electron chi connectivity index (χ0n) is 10.8. The highest BCUT2D eigenvalue weighted by Gasteiger charge is 2.10. The number of aliphatic carboxylic acids is 1. The fraction of sp³-hybridized carbons (Fsp3) is 0.286. The van der Waals surface area contributed by atoms with Crippen molar-refractivity contribution in [3.05, 3.63) is 41.0 Å². The number of carbonyl (C=O) groups is 2. The molecule has 0 bridgehead atoms. The first-order chi connectivity index (χ1) is 8.43. The van der Waals surface area contributed by atoms with Gasteiger partial charge in [-0.15, -0.1) is 0 Å². The van der Waals surface area contributed by atoms with Crippen molar-refractivity contribution in [2.45, 2.75) is 13.8 Å². The summed E-state index contributed by atoms with van der Waals surface area (Å²) in [5.41, 5.74) is 2.21. The van der Waals surface area contributed by atoms with Gasteiger partial charge in [0.05, 0.1) is 0 Å². The average molecular weight is 247 g/mol. The van der Waals surface area contributed by atoms with Crippen LogP contribution in [0.5, 0.6) is 0 Å². The van der Waals surface area contributed by atoms with Crippen LogP contribution in [0.1, 0.15) is 28.4 Å². The second kappa shape index (κ2) is 6.00. The van der Waals surface area contributed by atoms with E-state index in [1.165, 1.54) is 6.08 Å². The summed E-state index contributed by atoms with van der Waals surface area (Å²) in [6.07, 6.45) is 2.55. The molecular weight excluding hydrogens is 230 g/mol. The summed E-state index contributed by atoms with van der Waals surface area (Å²) in [5.74, 6) is -1.07. The number of carbonyl (C=O) groups excluding carboxylic acids is 1. The molecule has 0 aliphatic heterocycles. The van der Waals surface area contributed by atoms with Crippen molar-refractivity contribution < 1.29 is 14.7 Å². The molecule has 0 saturated heterocycles. The van der Waals surface area contributed by atoms with Crippen LogP contribution in [0.3, 0.4) is 0 Å². The lowest BCUT2D eigenvalue weighted by Gasteiger charge is -2.15. The molecule has 1 amide bonds. The van der Waals surface area contributed by atoms with Crippen molar-refractivity contribution in [1.29, 1.82) is 0 Å². The molecule has 1 aromatic rings. The topological polar surface area (TPSA) is 57.6 Å². The lowest BCUT2D eigenvalue weighted by molar-refractivity contribution is -0.131. The first-order valence-corrected chi connectivity index (χ1v) is 5.72. The molecule has 1 aromatic carbocycles. The highest BCUT2D eigenvalue weighted by atomic mass is 16.4. The van der Waals surface area contributed by atoms with Crippen LogP contribution in [-0.2, 0) is 4.79 Å². The van der Waals surface area contributed by atoms with Crippen molar-refractivity contribution >= 4 is 18.0 Å². The van der Waals surface area contributed by atoms with E-state index < -0.39 is 5.97 Å². The Morgan fingerprint density at radius 1 is 1.33 bits per heavy atom. The number of hydrogen-bond donors (Lipinski definition) is 1. The Kier molecular flexibility index (Phi) is 4.66. The van der Waals surface area contributed by atoms with Crippen LogP contribution < -0.4 is 0 Å². The third-order valence-corrected chi connectivity index (χ3v) is 2.59. The first-order valence-electron chi connectivity index (χ1n) is 5.72. The molecule has 0 spiro atoms. The second-order valence-corrected chi connectivity index (χ2v) is 4.12. The van der Waals surface area contributed by atoms with Gasteiger partial charge in [-0.3, -0.25) is 4.79 Å². The molecule has 0 aliphatic carbocycles. The van der Waals surface area contributed by atoms with Crippen molar-refractivity contribution in [2.24, 2.45) is 0 Å². The maximum atomic E-state index is 12.0. The lowest BCUT2D eigenvalue weighted by atomic mass is 10.1. The molecule has 0 aromatic heterocycles. The van der Waals surface area contributed by atoms with Crippen LogP contribution in [0, 0.1) is 6.92 Å². The zero-order chi connectivity index (χ0) is 13.7. The Morgan fingerprint density at radius 2 is 2.00 bits per heavy atom. The van der Waals surface area contributed by atoms with Crippen molar-refractivity contribution in [3.63, 3.8) is 0 Å². The molecule has 96 valence electrons. The summed E-state index contributed by atoms with van der Waals surface area (Å²) in [5, 5.41) is 8.59. The van der Waals surface area contributed by atoms with Crippen molar-refractivity contribution in [3.8, 4) is 0 Å². The third kappa shape index (κ3) is 3.73. The number of aryl methyl sites for hydroxylation is 1. The normalized spacial score (nSPS) is 10.6. The summed E-state index contributed by atoms with van der Waals surface area (Å²) in [6.45, 7) is 4.41. The molecule has 0 radical (unpaired) electrons. The minimum atomic E-state index is -1.00. The molecule has 18 heavy (non-hydrogen) atoms. The number of rotatable bonds is 4. The quantitative estimate of drug-likeness (QED) is 0.830. The van der Waals surface area contributed by atoms with Gasteiger partial charge in [0.25, 0.3) is 5.91 Å². The number of amides is 1. The third-order valence-electron chi connectivity index (χ3n) is 2.59. The van der Waals surface area contributed by atoms with Crippen LogP contribution in [0.15, 0.2) is 24.3 Å². The van der Waals surface area contributed by atoms with Gasteiger partial charge in [-0.1, -0.05) is 6.07 Å². The molecule has 0 aliphatic rings. The Morgan fingerprint density at radius 3 is 2.56 bits per heavy atom. The van der Waals surface area contributed by atoms with E-state index in [2.05, 4.69) is 0 Å². The van der Waals surface area contributed by atoms with E-state index in [1.54, 1.807) is 24.1 Å². The smallest absolute Gasteiger partial charge is 0.328 e. The summed E-state index contributed by atoms with van der Waals surface area (Å²) >= 11 is 0. The van der Waals surface area contributed by atoms with Gasteiger partial charge in [-0.25, -0.2) is 4.79 Å². The van der Waals surface area contributed by atoms with Gasteiger partial charge in [-0.2, -0.15) is 0 Å². The fourth-order valence-electron chi connectivity index (χ4n) is 1.56. The molecule has 0 unspecified atom stereocenters. The molecule has 0 atom stereocenters. The minimum Gasteiger partial charge on any atom is -0.478 e. The zero-order valence-corrected chi connectivity index (χ0v) is 10.8. The highest BCUT2D eigenvalue weighted by Crippen LogP contribution is 2.13. The van der Waals surface area contributed by atoms with E-state index in [4.69, 9.17) is 5.11 Å². The van der Waals surface area contributed by atoms with E-state index in [0.717, 1.165) is 11.6 Å². The monoisotopic (exact) mass is 247 g/mol. The SMILES string of the molecule is CCN(C)C(=O)c1cc(C)cc(/C=C/C(=O)O)c1. The highest BCUT2D eigenvalue weighted by molar-refractivity contribution is 5.95. The van der Waals surface area contributed by atoms with Gasteiger partial charge in [-0.05, 0) is 43.2 Å². The first kappa shape index (κ1) is 14.0. The van der Waals surface area contributed by atoms with E-state index in [0.29, 0.717) is 17.7 Å². The second-order valence-electron chi connectivity index (χ2n) is 4.12. The standard InChI is InChI=1S/C14H17NO3/c1-4-15(3)14(18)12-8-10(2)7-11(9-12)5-6-13(16)17/h5-9H,4H2,1-3H3,(H,16,17)/b6-5+. The molecule has 4 nitrogen and oxygen atoms in total. The van der Waals surface area contributed by atoms with E-state index >= 15 is 0 Å². The summed E-state index contributed by atoms with van der Waals surface area (Å²) in [4.78, 5) is 24.1. The van der Waals surface area contributed by atoms with Gasteiger partial charge in [0, 0.05) is 25.2 Å². The lowest BCUT2D eigenvalue weighted by Crippen LogP contribution is -2.26. The Balaban J connectivity index is 3.08. The predicted octanol–water partition coefficient (Wildman–Crippen LogP) is 2.18. The van der Waals surface area contributed by atoms with E-state index in [1.807, 2.05) is 19.9 Å². The van der Waals surface area contributed by atoms with Gasteiger partial charge >= 0.3 is 5.97 Å². The van der Waals surface area contributed by atoms with Crippen LogP contribution in [0.25, 0.3) is 6.08 Å². The van der Waals surface area contributed by atoms with Crippen molar-refractivity contribution in [1.82, 2.24) is 4.90 Å². The van der Waals surface area contributed by atoms with Gasteiger partial charge in [0.2, 0.25) is 0 Å². The molecule has 4 heteroatoms. The number of hydrogen-bond acceptors (Lipinski definition) is 2. The Bertz CT molecular complexity index is 492. The van der Waals surface area contributed by atoms with Crippen LogP contribution in [0.2, 0.25) is 0 Å². The van der Waals surface area contributed by atoms with Gasteiger partial charge < -0.3 is 10.0 Å². The van der Waals surface area contributed by atoms with Crippen molar-refractivity contribution in [2.75, 3.05) is 13.6 Å². The predicted molar refractivity (Wildman–Crippen MR) is 70.5 cm³/mol. The average Bonchev–Trinajstić information content (AvgIpc) is 2.33. The largest absolute Gasteiger partial charge is 0.478 e. The fourth-order valence-corrected chi connectivity index (χ4v) is 1.56. The number of benzene rings is 1. The molecular formula is C14H17NO3. The van der Waals surface area contributed by atoms with Crippen LogP contribution >= 0.6 is 0 Å². The number of nitrogens with zero attached hydrogens (tertiary/aromatic N) is 1. The molecule has 0 fully saturated rings. The van der Waals surface area contributed by atoms with E-state index in [-0.39, 0.29) is 5.91 Å².